The summed E-state index contributed by atoms with van der Waals surface area (Å²) >= 11 is 0. The average Bonchev–Trinajstić information content (AvgIpc) is 2.95. The van der Waals surface area contributed by atoms with Crippen LogP contribution in [0.4, 0.5) is 23.2 Å². The smallest absolute Gasteiger partial charge is 0.335 e. The fraction of sp³-hybridized carbons (Fsp3) is 0.500. The van der Waals surface area contributed by atoms with E-state index >= 15 is 0 Å². The van der Waals surface area contributed by atoms with E-state index in [0.717, 1.165) is 10.5 Å². The van der Waals surface area contributed by atoms with Crippen molar-refractivity contribution in [1.29, 1.82) is 0 Å². The summed E-state index contributed by atoms with van der Waals surface area (Å²) in [5.41, 5.74) is 1.42. The molecule has 2 aliphatic rings. The lowest BCUT2D eigenvalue weighted by Gasteiger charge is -2.33. The Morgan fingerprint density at radius 2 is 1.75 bits per heavy atom. The molecule has 0 bridgehead atoms. The molecule has 2 amide bonds. The Morgan fingerprint density at radius 3 is 2.38 bits per heavy atom. The number of alkyl halides is 3. The molecule has 1 saturated heterocycles. The van der Waals surface area contributed by atoms with Crippen LogP contribution in [0.2, 0.25) is 0 Å². The quantitative estimate of drug-likeness (QED) is 0.735. The highest BCUT2D eigenvalue weighted by Gasteiger charge is 2.44. The minimum atomic E-state index is -4.88. The molecule has 0 atom stereocenters. The standard InChI is InChI=1S/C16H16F4N2O2/c17-12-1-2-13-11(9-12)5-8-22(13)14(23)10-3-6-21(7-4-10)15(24)16(18,19)20/h1-2,9-10H,3-8H2. The summed E-state index contributed by atoms with van der Waals surface area (Å²) in [5.74, 6) is -2.80. The van der Waals surface area contributed by atoms with Crippen LogP contribution in [0.5, 0.6) is 0 Å². The van der Waals surface area contributed by atoms with E-state index in [0.29, 0.717) is 18.7 Å². The third-order valence-electron chi connectivity index (χ3n) is 4.58. The number of benzene rings is 1. The molecule has 8 heteroatoms. The number of hydrogen-bond donors (Lipinski definition) is 0. The zero-order valence-corrected chi connectivity index (χ0v) is 12.8. The molecule has 0 aromatic heterocycles. The van der Waals surface area contributed by atoms with Crippen molar-refractivity contribution in [3.8, 4) is 0 Å². The summed E-state index contributed by atoms with van der Waals surface area (Å²) in [6.45, 7) is 0.275. The number of rotatable bonds is 1. The first-order chi connectivity index (χ1) is 11.3. The number of halogens is 4. The predicted octanol–water partition coefficient (Wildman–Crippen LogP) is 2.52. The first-order valence-corrected chi connectivity index (χ1v) is 7.73. The predicted molar refractivity (Wildman–Crippen MR) is 77.8 cm³/mol. The van der Waals surface area contributed by atoms with Crippen LogP contribution in [-0.2, 0) is 16.0 Å². The summed E-state index contributed by atoms with van der Waals surface area (Å²) < 4.78 is 50.5. The molecule has 1 aromatic carbocycles. The summed E-state index contributed by atoms with van der Waals surface area (Å²) in [6.07, 6.45) is -3.92. The van der Waals surface area contributed by atoms with Gasteiger partial charge in [-0.05, 0) is 43.0 Å². The summed E-state index contributed by atoms with van der Waals surface area (Å²) in [5, 5.41) is 0. The number of fused-ring (bicyclic) bond motifs is 1. The highest BCUT2D eigenvalue weighted by molar-refractivity contribution is 5.97. The molecule has 4 nitrogen and oxygen atoms in total. The van der Waals surface area contributed by atoms with Crippen LogP contribution in [0.15, 0.2) is 18.2 Å². The molecule has 2 aliphatic heterocycles. The summed E-state index contributed by atoms with van der Waals surface area (Å²) in [7, 11) is 0. The van der Waals surface area contributed by atoms with Gasteiger partial charge in [0.1, 0.15) is 5.82 Å². The maximum absolute atomic E-state index is 13.2. The molecule has 0 spiro atoms. The van der Waals surface area contributed by atoms with Crippen LogP contribution in [-0.4, -0.2) is 42.5 Å². The fourth-order valence-corrected chi connectivity index (χ4v) is 3.33. The molecule has 0 N–H and O–H groups in total. The Bertz CT molecular complexity index is 667. The second kappa shape index (κ2) is 6.07. The molecule has 0 aliphatic carbocycles. The topological polar surface area (TPSA) is 40.6 Å². The first kappa shape index (κ1) is 16.7. The van der Waals surface area contributed by atoms with Gasteiger partial charge in [-0.1, -0.05) is 0 Å². The van der Waals surface area contributed by atoms with Crippen molar-refractivity contribution in [1.82, 2.24) is 4.90 Å². The van der Waals surface area contributed by atoms with E-state index in [4.69, 9.17) is 0 Å². The third-order valence-corrected chi connectivity index (χ3v) is 4.58. The average molecular weight is 344 g/mol. The van der Waals surface area contributed by atoms with Crippen molar-refractivity contribution in [2.24, 2.45) is 5.92 Å². The SMILES string of the molecule is O=C(C1CCN(C(=O)C(F)(F)F)CC1)N1CCc2cc(F)ccc21. The van der Waals surface area contributed by atoms with E-state index in [1.165, 1.54) is 12.1 Å². The monoisotopic (exact) mass is 344 g/mol. The van der Waals surface area contributed by atoms with E-state index in [9.17, 15) is 27.2 Å². The second-order valence-corrected chi connectivity index (χ2v) is 6.08. The molecular formula is C16H16F4N2O2. The number of carbonyl (C=O) groups is 2. The second-order valence-electron chi connectivity index (χ2n) is 6.08. The lowest BCUT2D eigenvalue weighted by molar-refractivity contribution is -0.186. The van der Waals surface area contributed by atoms with E-state index in [1.54, 1.807) is 11.0 Å². The van der Waals surface area contributed by atoms with Crippen molar-refractivity contribution in [3.63, 3.8) is 0 Å². The maximum atomic E-state index is 13.2. The number of anilines is 1. The first-order valence-electron chi connectivity index (χ1n) is 7.73. The van der Waals surface area contributed by atoms with Crippen LogP contribution < -0.4 is 4.90 Å². The van der Waals surface area contributed by atoms with Gasteiger partial charge in [0.05, 0.1) is 0 Å². The third kappa shape index (κ3) is 3.09. The van der Waals surface area contributed by atoms with E-state index in [-0.39, 0.29) is 37.7 Å². The van der Waals surface area contributed by atoms with Gasteiger partial charge < -0.3 is 9.80 Å². The van der Waals surface area contributed by atoms with Gasteiger partial charge in [-0.15, -0.1) is 0 Å². The van der Waals surface area contributed by atoms with Crippen LogP contribution >= 0.6 is 0 Å². The Hall–Kier alpha value is -2.12. The Labute approximate surface area is 136 Å². The van der Waals surface area contributed by atoms with Gasteiger partial charge in [-0.3, -0.25) is 9.59 Å². The molecule has 0 unspecified atom stereocenters. The molecule has 24 heavy (non-hydrogen) atoms. The molecule has 3 rings (SSSR count). The molecule has 2 heterocycles. The lowest BCUT2D eigenvalue weighted by Crippen LogP contribution is -2.48. The van der Waals surface area contributed by atoms with Gasteiger partial charge in [-0.25, -0.2) is 4.39 Å². The maximum Gasteiger partial charge on any atom is 0.471 e. The number of carbonyl (C=O) groups excluding carboxylic acids is 2. The number of piperidine rings is 1. The van der Waals surface area contributed by atoms with Crippen molar-refractivity contribution < 1.29 is 27.2 Å². The number of nitrogens with zero attached hydrogens (tertiary/aromatic N) is 2. The van der Waals surface area contributed by atoms with Gasteiger partial charge in [0.25, 0.3) is 0 Å². The van der Waals surface area contributed by atoms with E-state index in [2.05, 4.69) is 0 Å². The van der Waals surface area contributed by atoms with Crippen LogP contribution in [0.1, 0.15) is 18.4 Å². The number of hydrogen-bond acceptors (Lipinski definition) is 2. The summed E-state index contributed by atoms with van der Waals surface area (Å²) in [6, 6.07) is 4.24. The molecule has 0 saturated carbocycles. The van der Waals surface area contributed by atoms with Crippen LogP contribution in [0.3, 0.4) is 0 Å². The highest BCUT2D eigenvalue weighted by Crippen LogP contribution is 2.32. The Balaban J connectivity index is 1.64. The van der Waals surface area contributed by atoms with Gasteiger partial charge in [0.15, 0.2) is 0 Å². The van der Waals surface area contributed by atoms with Crippen molar-refractivity contribution in [2.75, 3.05) is 24.5 Å². The Kier molecular flexibility index (Phi) is 4.23. The lowest BCUT2D eigenvalue weighted by atomic mass is 9.95. The minimum absolute atomic E-state index is 0.0845. The van der Waals surface area contributed by atoms with Gasteiger partial charge in [0.2, 0.25) is 5.91 Å². The van der Waals surface area contributed by atoms with Gasteiger partial charge in [0, 0.05) is 31.2 Å². The van der Waals surface area contributed by atoms with Crippen LogP contribution in [0, 0.1) is 11.7 Å². The van der Waals surface area contributed by atoms with Gasteiger partial charge >= 0.3 is 12.1 Å². The van der Waals surface area contributed by atoms with Crippen molar-refractivity contribution in [3.05, 3.63) is 29.6 Å². The summed E-state index contributed by atoms with van der Waals surface area (Å²) in [4.78, 5) is 26.2. The van der Waals surface area contributed by atoms with E-state index < -0.39 is 18.0 Å². The minimum Gasteiger partial charge on any atom is -0.335 e. The zero-order chi connectivity index (χ0) is 17.5. The Morgan fingerprint density at radius 1 is 1.08 bits per heavy atom. The zero-order valence-electron chi connectivity index (χ0n) is 12.8. The molecule has 130 valence electrons. The molecular weight excluding hydrogens is 328 g/mol. The normalized spacial score (nSPS) is 18.7. The molecule has 0 radical (unpaired) electrons. The van der Waals surface area contributed by atoms with Gasteiger partial charge in [-0.2, -0.15) is 13.2 Å². The highest BCUT2D eigenvalue weighted by atomic mass is 19.4. The number of amides is 2. The van der Waals surface area contributed by atoms with Crippen LogP contribution in [0.25, 0.3) is 0 Å². The van der Waals surface area contributed by atoms with Crippen molar-refractivity contribution >= 4 is 17.5 Å². The van der Waals surface area contributed by atoms with E-state index in [1.807, 2.05) is 0 Å². The molecule has 1 fully saturated rings. The van der Waals surface area contributed by atoms with Crippen molar-refractivity contribution in [2.45, 2.75) is 25.4 Å². The largest absolute Gasteiger partial charge is 0.471 e. The fourth-order valence-electron chi connectivity index (χ4n) is 3.33. The number of likely N-dealkylation sites (tertiary alicyclic amines) is 1. The molecule has 1 aromatic rings.